The lowest BCUT2D eigenvalue weighted by Crippen LogP contribution is -2.50. The molecule has 1 atom stereocenters. The minimum Gasteiger partial charge on any atom is -0.481 e. The molecule has 36 heavy (non-hydrogen) atoms. The van der Waals surface area contributed by atoms with Crippen LogP contribution in [-0.4, -0.2) is 76.4 Å². The van der Waals surface area contributed by atoms with Crippen LogP contribution in [0, 0.1) is 5.82 Å². The summed E-state index contributed by atoms with van der Waals surface area (Å²) in [5.74, 6) is -0.292. The number of rotatable bonds is 6. The molecule has 2 aliphatic heterocycles. The van der Waals surface area contributed by atoms with Crippen LogP contribution < -0.4 is 15.4 Å². The van der Waals surface area contributed by atoms with Crippen molar-refractivity contribution < 1.29 is 33.3 Å². The van der Waals surface area contributed by atoms with Gasteiger partial charge >= 0.3 is 0 Å². The van der Waals surface area contributed by atoms with Gasteiger partial charge in [-0.05, 0) is 18.2 Å². The first-order chi connectivity index (χ1) is 17.4. The maximum Gasteiger partial charge on any atom is 0.270 e. The Balaban J connectivity index is 1.19. The Morgan fingerprint density at radius 1 is 1.31 bits per heavy atom. The third-order valence-electron chi connectivity index (χ3n) is 5.64. The number of aliphatic hydroxyl groups excluding tert-OH is 1. The summed E-state index contributed by atoms with van der Waals surface area (Å²) >= 11 is 1.35. The highest BCUT2D eigenvalue weighted by Crippen LogP contribution is 2.29. The van der Waals surface area contributed by atoms with Crippen LogP contribution in [0.4, 0.5) is 10.2 Å². The molecule has 2 aliphatic rings. The van der Waals surface area contributed by atoms with E-state index in [1.54, 1.807) is 24.3 Å². The largest absolute Gasteiger partial charge is 0.481 e. The van der Waals surface area contributed by atoms with Gasteiger partial charge < -0.3 is 30.0 Å². The number of carbonyl (C=O) groups is 2. The standard InChI is InChI=1S/C23H22FN5O6S/c1-33-19-5-3-14-20(29-19)12(13(24)7-25-14)6-16(30)23-34-8-11(9-35-23)26-22(32)15-2-4-17-21(27-15)28-18(31)10-36-17/h2-5,7,11,16,23,30H,6,8-10H2,1H3,(H,26,32)(H,27,28,31)/t11?,16-,23?/m0/s1. The molecule has 0 unspecified atom stereocenters. The molecule has 3 aromatic rings. The number of thioether (sulfide) groups is 1. The number of fused-ring (bicyclic) bond motifs is 2. The van der Waals surface area contributed by atoms with Crippen LogP contribution in [0.5, 0.6) is 5.88 Å². The van der Waals surface area contributed by atoms with Gasteiger partial charge in [0, 0.05) is 18.1 Å². The number of hydrogen-bond acceptors (Lipinski definition) is 10. The van der Waals surface area contributed by atoms with Gasteiger partial charge in [-0.25, -0.2) is 14.4 Å². The van der Waals surface area contributed by atoms with Gasteiger partial charge in [0.2, 0.25) is 11.8 Å². The molecule has 2 amide bonds. The van der Waals surface area contributed by atoms with E-state index in [4.69, 9.17) is 14.2 Å². The van der Waals surface area contributed by atoms with Crippen LogP contribution in [-0.2, 0) is 20.7 Å². The topological polar surface area (TPSA) is 145 Å². The van der Waals surface area contributed by atoms with Crippen molar-refractivity contribution in [1.82, 2.24) is 20.3 Å². The molecule has 3 N–H and O–H groups in total. The van der Waals surface area contributed by atoms with Crippen LogP contribution >= 0.6 is 11.8 Å². The molecule has 13 heteroatoms. The molecular formula is C23H22FN5O6S. The van der Waals surface area contributed by atoms with Gasteiger partial charge in [-0.2, -0.15) is 0 Å². The maximum absolute atomic E-state index is 14.6. The molecule has 11 nitrogen and oxygen atoms in total. The first kappa shape index (κ1) is 24.3. The summed E-state index contributed by atoms with van der Waals surface area (Å²) in [6.45, 7) is 0.132. The average molecular weight is 516 g/mol. The van der Waals surface area contributed by atoms with Crippen molar-refractivity contribution in [2.24, 2.45) is 0 Å². The maximum atomic E-state index is 14.6. The van der Waals surface area contributed by atoms with Crippen LogP contribution in [0.25, 0.3) is 11.0 Å². The second kappa shape index (κ2) is 10.3. The number of nitrogens with one attached hydrogen (secondary N) is 2. The summed E-state index contributed by atoms with van der Waals surface area (Å²) < 4.78 is 30.9. The number of carbonyl (C=O) groups excluding carboxylic acids is 2. The summed E-state index contributed by atoms with van der Waals surface area (Å²) in [7, 11) is 1.45. The molecule has 1 saturated heterocycles. The zero-order valence-electron chi connectivity index (χ0n) is 19.1. The van der Waals surface area contributed by atoms with Gasteiger partial charge in [0.25, 0.3) is 5.91 Å². The van der Waals surface area contributed by atoms with Crippen molar-refractivity contribution in [3.8, 4) is 5.88 Å². The predicted octanol–water partition coefficient (Wildman–Crippen LogP) is 1.29. The highest BCUT2D eigenvalue weighted by Gasteiger charge is 2.31. The molecule has 1 fully saturated rings. The molecule has 0 spiro atoms. The number of ether oxygens (including phenoxy) is 3. The SMILES string of the molecule is COc1ccc2ncc(F)c(C[C@H](O)C3OCC(NC(=O)c4ccc5c(n4)NC(=O)CS5)CO3)c2n1. The van der Waals surface area contributed by atoms with Gasteiger partial charge in [-0.15, -0.1) is 11.8 Å². The van der Waals surface area contributed by atoms with E-state index in [2.05, 4.69) is 25.6 Å². The number of pyridine rings is 3. The zero-order valence-corrected chi connectivity index (χ0v) is 19.9. The number of amides is 2. The van der Waals surface area contributed by atoms with Crippen molar-refractivity contribution in [3.63, 3.8) is 0 Å². The lowest BCUT2D eigenvalue weighted by Gasteiger charge is -2.32. The van der Waals surface area contributed by atoms with Gasteiger partial charge in [0.05, 0.1) is 54.2 Å². The number of anilines is 1. The third kappa shape index (κ3) is 5.09. The number of aromatic nitrogens is 3. The minimum atomic E-state index is -1.20. The first-order valence-corrected chi connectivity index (χ1v) is 12.0. The highest BCUT2D eigenvalue weighted by atomic mass is 32.2. The number of halogens is 1. The monoisotopic (exact) mass is 515 g/mol. The smallest absolute Gasteiger partial charge is 0.270 e. The molecule has 0 radical (unpaired) electrons. The molecule has 5 heterocycles. The lowest BCUT2D eigenvalue weighted by atomic mass is 10.1. The summed E-state index contributed by atoms with van der Waals surface area (Å²) in [6.07, 6.45) is -1.28. The summed E-state index contributed by atoms with van der Waals surface area (Å²) in [5, 5.41) is 16.1. The Hall–Kier alpha value is -3.39. The van der Waals surface area contributed by atoms with Gasteiger partial charge in [0.1, 0.15) is 23.4 Å². The normalized spacial score (nSPS) is 20.4. The van der Waals surface area contributed by atoms with E-state index in [1.807, 2.05) is 0 Å². The molecule has 5 rings (SSSR count). The number of methoxy groups -OCH3 is 1. The first-order valence-electron chi connectivity index (χ1n) is 11.0. The second-order valence-corrected chi connectivity index (χ2v) is 9.18. The average Bonchev–Trinajstić information content (AvgIpc) is 2.89. The summed E-state index contributed by atoms with van der Waals surface area (Å²) in [5.41, 5.74) is 1.04. The van der Waals surface area contributed by atoms with E-state index >= 15 is 0 Å². The molecule has 188 valence electrons. The number of aliphatic hydroxyl groups is 1. The third-order valence-corrected chi connectivity index (χ3v) is 6.69. The second-order valence-electron chi connectivity index (χ2n) is 8.16. The van der Waals surface area contributed by atoms with Gasteiger partial charge in [0.15, 0.2) is 6.29 Å². The minimum absolute atomic E-state index is 0.0661. The Kier molecular flexibility index (Phi) is 6.96. The van der Waals surface area contributed by atoms with Crippen LogP contribution in [0.1, 0.15) is 16.1 Å². The molecule has 0 aliphatic carbocycles. The van der Waals surface area contributed by atoms with E-state index in [9.17, 15) is 19.1 Å². The van der Waals surface area contributed by atoms with Crippen LogP contribution in [0.15, 0.2) is 35.4 Å². The Morgan fingerprint density at radius 2 is 2.11 bits per heavy atom. The fraction of sp³-hybridized carbons (Fsp3) is 0.348. The molecule has 3 aromatic heterocycles. The van der Waals surface area contributed by atoms with Crippen LogP contribution in [0.3, 0.4) is 0 Å². The van der Waals surface area contributed by atoms with E-state index in [-0.39, 0.29) is 42.3 Å². The van der Waals surface area contributed by atoms with Crippen molar-refractivity contribution in [2.45, 2.75) is 29.8 Å². The van der Waals surface area contributed by atoms with E-state index < -0.39 is 30.2 Å². The molecular weight excluding hydrogens is 493 g/mol. The summed E-state index contributed by atoms with van der Waals surface area (Å²) in [6, 6.07) is 6.08. The van der Waals surface area contributed by atoms with Crippen molar-refractivity contribution in [2.75, 3.05) is 31.4 Å². The van der Waals surface area contributed by atoms with E-state index in [1.165, 1.54) is 18.9 Å². The van der Waals surface area contributed by atoms with Gasteiger partial charge in [-0.3, -0.25) is 14.6 Å². The van der Waals surface area contributed by atoms with E-state index in [0.717, 1.165) is 11.1 Å². The molecule has 0 saturated carbocycles. The Bertz CT molecular complexity index is 1320. The predicted molar refractivity (Wildman–Crippen MR) is 126 cm³/mol. The molecule has 0 bridgehead atoms. The lowest BCUT2D eigenvalue weighted by molar-refractivity contribution is -0.229. The van der Waals surface area contributed by atoms with Crippen molar-refractivity contribution >= 4 is 40.4 Å². The fourth-order valence-corrected chi connectivity index (χ4v) is 4.62. The number of hydrogen-bond donors (Lipinski definition) is 3. The quantitative estimate of drug-likeness (QED) is 0.439. The van der Waals surface area contributed by atoms with Crippen molar-refractivity contribution in [1.29, 1.82) is 0 Å². The molecule has 0 aromatic carbocycles. The van der Waals surface area contributed by atoms with Gasteiger partial charge in [-0.1, -0.05) is 0 Å². The Morgan fingerprint density at radius 3 is 2.89 bits per heavy atom. The Labute approximate surface area is 208 Å². The number of nitrogens with zero attached hydrogens (tertiary/aromatic N) is 3. The van der Waals surface area contributed by atoms with Crippen LogP contribution in [0.2, 0.25) is 0 Å². The van der Waals surface area contributed by atoms with Crippen molar-refractivity contribution in [3.05, 3.63) is 47.5 Å². The fourth-order valence-electron chi connectivity index (χ4n) is 3.86. The highest BCUT2D eigenvalue weighted by molar-refractivity contribution is 8.00. The van der Waals surface area contributed by atoms with E-state index in [0.29, 0.717) is 23.0 Å². The zero-order chi connectivity index (χ0) is 25.2. The summed E-state index contributed by atoms with van der Waals surface area (Å²) in [4.78, 5) is 37.5.